The molecule has 0 aromatic carbocycles. The van der Waals surface area contributed by atoms with Crippen molar-refractivity contribution < 1.29 is 15.0 Å². The fourth-order valence-electron chi connectivity index (χ4n) is 0. The van der Waals surface area contributed by atoms with E-state index in [2.05, 4.69) is 11.3 Å². The third-order valence-electron chi connectivity index (χ3n) is 0.192. The molecule has 0 aliphatic rings. The van der Waals surface area contributed by atoms with Gasteiger partial charge in [0.1, 0.15) is 6.29 Å². The number of hydrogen-bond acceptors (Lipinski definition) is 5. The van der Waals surface area contributed by atoms with Gasteiger partial charge in [-0.1, -0.05) is 0 Å². The third kappa shape index (κ3) is 151. The van der Waals surface area contributed by atoms with Crippen LogP contribution in [0, 0.1) is 0 Å². The largest absolute Gasteiger partial charge is 0.503 e. The molecule has 0 radical (unpaired) electrons. The monoisotopic (exact) mass is 138 g/mol. The lowest BCUT2D eigenvalue weighted by molar-refractivity contribution is 0.137. The van der Waals surface area contributed by atoms with Crippen molar-refractivity contribution in [3.63, 3.8) is 0 Å². The van der Waals surface area contributed by atoms with Crippen LogP contribution in [-0.4, -0.2) is 22.7 Å². The first-order chi connectivity index (χ1) is 4.00. The van der Waals surface area contributed by atoms with E-state index in [9.17, 15) is 0 Å². The van der Waals surface area contributed by atoms with Gasteiger partial charge < -0.3 is 21.7 Å². The molecule has 0 fully saturated rings. The van der Waals surface area contributed by atoms with Gasteiger partial charge in [0, 0.05) is 0 Å². The number of hydrogen-bond donors (Lipinski definition) is 6. The average Bonchev–Trinajstić information content (AvgIpc) is 1.65. The summed E-state index contributed by atoms with van der Waals surface area (Å²) in [6.45, 7) is 0. The highest BCUT2D eigenvalue weighted by atomic mass is 16.6. The molecule has 0 aromatic heterocycles. The molecule has 0 aromatic rings. The SMILES string of the molecule is NNC(N)N.O=C(O)O. The number of hydrazine groups is 1. The lowest BCUT2D eigenvalue weighted by Gasteiger charge is -1.96. The zero-order valence-corrected chi connectivity index (χ0v) is 4.61. The van der Waals surface area contributed by atoms with Crippen LogP contribution in [0.15, 0.2) is 0 Å². The molecule has 56 valence electrons. The van der Waals surface area contributed by atoms with Crippen molar-refractivity contribution in [2.45, 2.75) is 6.29 Å². The highest BCUT2D eigenvalue weighted by Gasteiger charge is 1.76. The van der Waals surface area contributed by atoms with Crippen LogP contribution < -0.4 is 22.7 Å². The van der Waals surface area contributed by atoms with E-state index in [1.54, 1.807) is 0 Å². The molecule has 0 saturated carbocycles. The maximum atomic E-state index is 8.56. The molecule has 0 aliphatic heterocycles. The number of nitrogens with two attached hydrogens (primary N) is 3. The molecule has 0 unspecified atom stereocenters. The van der Waals surface area contributed by atoms with Crippen LogP contribution in [0.1, 0.15) is 0 Å². The second-order valence-corrected chi connectivity index (χ2v) is 0.975. The summed E-state index contributed by atoms with van der Waals surface area (Å²) in [5.41, 5.74) is 11.8. The van der Waals surface area contributed by atoms with Crippen LogP contribution in [-0.2, 0) is 0 Å². The predicted octanol–water partition coefficient (Wildman–Crippen LogP) is -2.13. The van der Waals surface area contributed by atoms with Gasteiger partial charge in [0.15, 0.2) is 0 Å². The molecule has 7 heteroatoms. The molecule has 0 rings (SSSR count). The number of carboxylic acid groups (broad SMARTS) is 2. The Bertz CT molecular complexity index is 70.2. The van der Waals surface area contributed by atoms with Crippen LogP contribution in [0.4, 0.5) is 4.79 Å². The average molecular weight is 138 g/mol. The molecule has 7 nitrogen and oxygen atoms in total. The molecule has 0 atom stereocenters. The van der Waals surface area contributed by atoms with Crippen molar-refractivity contribution in [1.29, 1.82) is 0 Å². The maximum absolute atomic E-state index is 8.56. The fourth-order valence-corrected chi connectivity index (χ4v) is 0. The van der Waals surface area contributed by atoms with Crippen molar-refractivity contribution >= 4 is 6.16 Å². The van der Waals surface area contributed by atoms with Crippen LogP contribution in [0.25, 0.3) is 0 Å². The Morgan fingerprint density at radius 2 is 1.56 bits per heavy atom. The molecule has 0 heterocycles. The van der Waals surface area contributed by atoms with E-state index in [0.717, 1.165) is 0 Å². The van der Waals surface area contributed by atoms with E-state index < -0.39 is 12.4 Å². The van der Waals surface area contributed by atoms with Gasteiger partial charge in [-0.2, -0.15) is 0 Å². The summed E-state index contributed by atoms with van der Waals surface area (Å²) in [6, 6.07) is 0. The zero-order chi connectivity index (χ0) is 7.86. The summed E-state index contributed by atoms with van der Waals surface area (Å²) in [5, 5.41) is 13.9. The summed E-state index contributed by atoms with van der Waals surface area (Å²) < 4.78 is 0. The molecule has 9 heavy (non-hydrogen) atoms. The Morgan fingerprint density at radius 3 is 1.56 bits per heavy atom. The van der Waals surface area contributed by atoms with Gasteiger partial charge in [-0.15, -0.1) is 0 Å². The first-order valence-electron chi connectivity index (χ1n) is 1.90. The molecule has 0 amide bonds. The minimum atomic E-state index is -1.83. The smallest absolute Gasteiger partial charge is 0.450 e. The predicted molar refractivity (Wildman–Crippen MR) is 30.1 cm³/mol. The summed E-state index contributed by atoms with van der Waals surface area (Å²) in [5.74, 6) is 4.67. The van der Waals surface area contributed by atoms with Gasteiger partial charge in [0.2, 0.25) is 0 Å². The van der Waals surface area contributed by atoms with Gasteiger partial charge in [0.25, 0.3) is 0 Å². The standard InChI is InChI=1S/CH8N4.CH2O3/c2-1(3)5-4;2-1(3)4/h1,5H,2-4H2;(H2,2,3,4). The summed E-state index contributed by atoms with van der Waals surface area (Å²) in [7, 11) is 0. The Kier molecular flexibility index (Phi) is 8.68. The Hall–Kier alpha value is -0.890. The van der Waals surface area contributed by atoms with Crippen molar-refractivity contribution in [3.8, 4) is 0 Å². The number of carbonyl (C=O) groups is 1. The summed E-state index contributed by atoms with van der Waals surface area (Å²) in [4.78, 5) is 8.56. The summed E-state index contributed by atoms with van der Waals surface area (Å²) >= 11 is 0. The van der Waals surface area contributed by atoms with Gasteiger partial charge >= 0.3 is 6.16 Å². The normalized spacial score (nSPS) is 8.00. The topological polar surface area (TPSA) is 148 Å². The van der Waals surface area contributed by atoms with E-state index in [1.807, 2.05) is 0 Å². The van der Waals surface area contributed by atoms with E-state index in [0.29, 0.717) is 0 Å². The van der Waals surface area contributed by atoms with Crippen LogP contribution in [0.5, 0.6) is 0 Å². The van der Waals surface area contributed by atoms with Gasteiger partial charge in [-0.05, 0) is 0 Å². The van der Waals surface area contributed by atoms with E-state index >= 15 is 0 Å². The highest BCUT2D eigenvalue weighted by molar-refractivity contribution is 5.53. The Morgan fingerprint density at radius 1 is 1.44 bits per heavy atom. The van der Waals surface area contributed by atoms with Crippen LogP contribution in [0.2, 0.25) is 0 Å². The highest BCUT2D eigenvalue weighted by Crippen LogP contribution is 1.42. The lowest BCUT2D eigenvalue weighted by atomic mass is 11.0. The van der Waals surface area contributed by atoms with Crippen molar-refractivity contribution in [1.82, 2.24) is 5.43 Å². The molecular formula is C2H10N4O3. The molecule has 9 N–H and O–H groups in total. The van der Waals surface area contributed by atoms with Crippen molar-refractivity contribution in [3.05, 3.63) is 0 Å². The molecule has 0 spiro atoms. The van der Waals surface area contributed by atoms with Crippen LogP contribution >= 0.6 is 0 Å². The second-order valence-electron chi connectivity index (χ2n) is 0.975. The van der Waals surface area contributed by atoms with Gasteiger partial charge in [-0.25, -0.2) is 10.2 Å². The van der Waals surface area contributed by atoms with Gasteiger partial charge in [0.05, 0.1) is 0 Å². The third-order valence-corrected chi connectivity index (χ3v) is 0.192. The van der Waals surface area contributed by atoms with E-state index in [4.69, 9.17) is 26.5 Å². The summed E-state index contributed by atoms with van der Waals surface area (Å²) in [6.07, 6.45) is -2.42. The Balaban J connectivity index is 0. The number of rotatable bonds is 1. The zero-order valence-electron chi connectivity index (χ0n) is 4.61. The lowest BCUT2D eigenvalue weighted by Crippen LogP contribution is -2.48. The van der Waals surface area contributed by atoms with Crippen molar-refractivity contribution in [2.24, 2.45) is 17.3 Å². The molecular weight excluding hydrogens is 128 g/mol. The van der Waals surface area contributed by atoms with Crippen LogP contribution in [0.3, 0.4) is 0 Å². The van der Waals surface area contributed by atoms with E-state index in [1.165, 1.54) is 0 Å². The first kappa shape index (κ1) is 11.0. The molecule has 0 aliphatic carbocycles. The fraction of sp³-hybridized carbons (Fsp3) is 0.500. The second kappa shape index (κ2) is 7.11. The minimum absolute atomic E-state index is 0.588. The van der Waals surface area contributed by atoms with Gasteiger partial charge in [-0.3, -0.25) is 5.84 Å². The number of nitrogens with one attached hydrogen (secondary N) is 1. The molecule has 0 bridgehead atoms. The Labute approximate surface area is 51.4 Å². The van der Waals surface area contributed by atoms with E-state index in [-0.39, 0.29) is 0 Å². The quantitative estimate of drug-likeness (QED) is 0.138. The maximum Gasteiger partial charge on any atom is 0.503 e. The minimum Gasteiger partial charge on any atom is -0.450 e. The van der Waals surface area contributed by atoms with Crippen molar-refractivity contribution in [2.75, 3.05) is 0 Å². The first-order valence-corrected chi connectivity index (χ1v) is 1.90. The molecule has 0 saturated heterocycles.